The molecule has 1 amide bonds. The number of anilines is 1. The highest BCUT2D eigenvalue weighted by molar-refractivity contribution is 8.00. The molecular formula is C18H13F3N4O4S. The second-order valence-electron chi connectivity index (χ2n) is 5.85. The summed E-state index contributed by atoms with van der Waals surface area (Å²) in [6.07, 6.45) is -4.73. The molecule has 1 heterocycles. The number of non-ortho nitro benzene ring substituents is 1. The van der Waals surface area contributed by atoms with Gasteiger partial charge in [0.15, 0.2) is 0 Å². The Bertz CT molecular complexity index is 1120. The fourth-order valence-corrected chi connectivity index (χ4v) is 3.32. The number of nitrogens with one attached hydrogen (secondary N) is 1. The van der Waals surface area contributed by atoms with Crippen molar-refractivity contribution in [2.75, 3.05) is 18.2 Å². The van der Waals surface area contributed by atoms with Crippen molar-refractivity contribution in [1.29, 1.82) is 0 Å². The molecule has 30 heavy (non-hydrogen) atoms. The van der Waals surface area contributed by atoms with Crippen molar-refractivity contribution < 1.29 is 27.6 Å². The van der Waals surface area contributed by atoms with Crippen LogP contribution < -0.4 is 10.1 Å². The highest BCUT2D eigenvalue weighted by atomic mass is 32.2. The number of benzene rings is 2. The minimum absolute atomic E-state index is 0.0127. The number of nitro groups is 1. The highest BCUT2D eigenvalue weighted by Gasteiger charge is 2.35. The van der Waals surface area contributed by atoms with E-state index in [1.165, 1.54) is 25.3 Å². The summed E-state index contributed by atoms with van der Waals surface area (Å²) in [6.45, 7) is 0. The molecule has 0 radical (unpaired) electrons. The minimum Gasteiger partial charge on any atom is -0.494 e. The van der Waals surface area contributed by atoms with Crippen molar-refractivity contribution in [2.24, 2.45) is 0 Å². The maximum absolute atomic E-state index is 13.1. The smallest absolute Gasteiger partial charge is 0.451 e. The summed E-state index contributed by atoms with van der Waals surface area (Å²) in [4.78, 5) is 29.6. The number of carbonyl (C=O) groups is 1. The molecule has 0 unspecified atom stereocenters. The molecule has 0 spiro atoms. The summed E-state index contributed by atoms with van der Waals surface area (Å²) < 4.78 is 44.3. The van der Waals surface area contributed by atoms with Crippen LogP contribution in [-0.2, 0) is 11.0 Å². The van der Waals surface area contributed by atoms with Crippen molar-refractivity contribution in [3.63, 3.8) is 0 Å². The summed E-state index contributed by atoms with van der Waals surface area (Å²) in [5.41, 5.74) is 0.0864. The zero-order valence-electron chi connectivity index (χ0n) is 15.3. The van der Waals surface area contributed by atoms with Crippen LogP contribution in [0.2, 0.25) is 0 Å². The minimum atomic E-state index is -4.73. The Morgan fingerprint density at radius 1 is 1.23 bits per heavy atom. The van der Waals surface area contributed by atoms with E-state index in [0.29, 0.717) is 5.39 Å². The maximum Gasteiger partial charge on any atom is 0.451 e. The van der Waals surface area contributed by atoms with Crippen LogP contribution in [0.1, 0.15) is 5.82 Å². The number of carbonyl (C=O) groups excluding carboxylic acids is 1. The highest BCUT2D eigenvalue weighted by Crippen LogP contribution is 2.33. The summed E-state index contributed by atoms with van der Waals surface area (Å²) >= 11 is 0.817. The number of hydrogen-bond acceptors (Lipinski definition) is 7. The standard InChI is InChI=1S/C18H13F3N4O4S/c1-29-14-8-10(25(27)28)6-7-13(14)22-15(26)9-30-16-11-4-2-3-5-12(11)23-17(24-16)18(19,20)21/h2-8H,9H2,1H3,(H,22,26). The number of para-hydroxylation sites is 1. The van der Waals surface area contributed by atoms with E-state index in [1.807, 2.05) is 0 Å². The number of thioether (sulfide) groups is 1. The zero-order chi connectivity index (χ0) is 21.9. The Balaban J connectivity index is 1.80. The van der Waals surface area contributed by atoms with Gasteiger partial charge in [0.1, 0.15) is 10.8 Å². The molecule has 1 N–H and O–H groups in total. The molecule has 0 bridgehead atoms. The lowest BCUT2D eigenvalue weighted by Crippen LogP contribution is -2.16. The number of amides is 1. The molecule has 2 aromatic carbocycles. The van der Waals surface area contributed by atoms with Crippen molar-refractivity contribution in [3.8, 4) is 5.75 Å². The number of ether oxygens (including phenoxy) is 1. The Morgan fingerprint density at radius 3 is 2.63 bits per heavy atom. The number of nitrogens with zero attached hydrogens (tertiary/aromatic N) is 3. The third-order valence-electron chi connectivity index (χ3n) is 3.83. The summed E-state index contributed by atoms with van der Waals surface area (Å²) in [7, 11) is 1.29. The molecule has 0 atom stereocenters. The van der Waals surface area contributed by atoms with Gasteiger partial charge in [-0.05, 0) is 12.1 Å². The second-order valence-corrected chi connectivity index (χ2v) is 6.81. The maximum atomic E-state index is 13.1. The number of halogens is 3. The fourth-order valence-electron chi connectivity index (χ4n) is 2.50. The topological polar surface area (TPSA) is 107 Å². The Labute approximate surface area is 171 Å². The molecule has 0 saturated carbocycles. The molecule has 1 aromatic heterocycles. The number of nitro benzene ring substituents is 1. The number of methoxy groups -OCH3 is 1. The molecular weight excluding hydrogens is 425 g/mol. The lowest BCUT2D eigenvalue weighted by Gasteiger charge is -2.11. The van der Waals surface area contributed by atoms with Crippen LogP contribution in [0.25, 0.3) is 10.9 Å². The molecule has 0 fully saturated rings. The number of aromatic nitrogens is 2. The first kappa shape index (κ1) is 21.3. The lowest BCUT2D eigenvalue weighted by atomic mass is 10.2. The number of alkyl halides is 3. The SMILES string of the molecule is COc1cc([N+](=O)[O-])ccc1NC(=O)CSc1nc(C(F)(F)F)nc2ccccc12. The zero-order valence-corrected chi connectivity index (χ0v) is 16.1. The van der Waals surface area contributed by atoms with Crippen LogP contribution in [0.15, 0.2) is 47.5 Å². The van der Waals surface area contributed by atoms with Crippen LogP contribution in [0.3, 0.4) is 0 Å². The van der Waals surface area contributed by atoms with Crippen molar-refractivity contribution in [2.45, 2.75) is 11.2 Å². The van der Waals surface area contributed by atoms with E-state index in [0.717, 1.165) is 17.8 Å². The van der Waals surface area contributed by atoms with Crippen LogP contribution in [0.4, 0.5) is 24.5 Å². The predicted molar refractivity (Wildman–Crippen MR) is 104 cm³/mol. The first-order chi connectivity index (χ1) is 14.2. The van der Waals surface area contributed by atoms with Crippen LogP contribution >= 0.6 is 11.8 Å². The van der Waals surface area contributed by atoms with Crippen molar-refractivity contribution >= 4 is 39.9 Å². The molecule has 3 aromatic rings. The molecule has 8 nitrogen and oxygen atoms in total. The van der Waals surface area contributed by atoms with Gasteiger partial charge in [0, 0.05) is 11.5 Å². The molecule has 12 heteroatoms. The Kier molecular flexibility index (Phi) is 6.06. The Morgan fingerprint density at radius 2 is 1.97 bits per heavy atom. The van der Waals surface area contributed by atoms with Gasteiger partial charge in [-0.15, -0.1) is 0 Å². The van der Waals surface area contributed by atoms with E-state index in [-0.39, 0.29) is 33.4 Å². The van der Waals surface area contributed by atoms with E-state index >= 15 is 0 Å². The van der Waals surface area contributed by atoms with Crippen LogP contribution in [0, 0.1) is 10.1 Å². The van der Waals surface area contributed by atoms with Gasteiger partial charge in [-0.1, -0.05) is 30.0 Å². The molecule has 0 aliphatic rings. The largest absolute Gasteiger partial charge is 0.494 e. The third-order valence-corrected chi connectivity index (χ3v) is 4.82. The van der Waals surface area contributed by atoms with E-state index in [2.05, 4.69) is 15.3 Å². The fraction of sp³-hybridized carbons (Fsp3) is 0.167. The molecule has 0 aliphatic carbocycles. The van der Waals surface area contributed by atoms with Gasteiger partial charge in [0.25, 0.3) is 5.69 Å². The van der Waals surface area contributed by atoms with Gasteiger partial charge in [-0.3, -0.25) is 14.9 Å². The van der Waals surface area contributed by atoms with Gasteiger partial charge in [0.05, 0.1) is 35.1 Å². The number of fused-ring (bicyclic) bond motifs is 1. The number of hydrogen-bond donors (Lipinski definition) is 1. The number of rotatable bonds is 6. The first-order valence-electron chi connectivity index (χ1n) is 8.28. The van der Waals surface area contributed by atoms with E-state index in [9.17, 15) is 28.1 Å². The monoisotopic (exact) mass is 438 g/mol. The summed E-state index contributed by atoms with van der Waals surface area (Å²) in [5, 5.41) is 13.8. The first-order valence-corrected chi connectivity index (χ1v) is 9.26. The molecule has 0 aliphatic heterocycles. The lowest BCUT2D eigenvalue weighted by molar-refractivity contribution is -0.384. The molecule has 3 rings (SSSR count). The van der Waals surface area contributed by atoms with E-state index < -0.39 is 22.8 Å². The van der Waals surface area contributed by atoms with Gasteiger partial charge in [-0.2, -0.15) is 13.2 Å². The van der Waals surface area contributed by atoms with Crippen LogP contribution in [0.5, 0.6) is 5.75 Å². The molecule has 0 saturated heterocycles. The van der Waals surface area contributed by atoms with Crippen molar-refractivity contribution in [1.82, 2.24) is 9.97 Å². The third kappa shape index (κ3) is 4.76. The quantitative estimate of drug-likeness (QED) is 0.265. The molecule has 156 valence electrons. The van der Waals surface area contributed by atoms with E-state index in [4.69, 9.17) is 4.74 Å². The second kappa shape index (κ2) is 8.53. The van der Waals surface area contributed by atoms with Crippen LogP contribution in [-0.4, -0.2) is 33.7 Å². The van der Waals surface area contributed by atoms with Gasteiger partial charge >= 0.3 is 6.18 Å². The normalized spacial score (nSPS) is 11.3. The van der Waals surface area contributed by atoms with Gasteiger partial charge in [-0.25, -0.2) is 9.97 Å². The van der Waals surface area contributed by atoms with Gasteiger partial charge in [0.2, 0.25) is 11.7 Å². The summed E-state index contributed by atoms with van der Waals surface area (Å²) in [6, 6.07) is 9.83. The predicted octanol–water partition coefficient (Wildman–Crippen LogP) is 4.30. The average molecular weight is 438 g/mol. The van der Waals surface area contributed by atoms with Crippen molar-refractivity contribution in [3.05, 3.63) is 58.4 Å². The van der Waals surface area contributed by atoms with E-state index in [1.54, 1.807) is 18.2 Å². The summed E-state index contributed by atoms with van der Waals surface area (Å²) in [5.74, 6) is -2.02. The van der Waals surface area contributed by atoms with Gasteiger partial charge < -0.3 is 10.1 Å². The average Bonchev–Trinajstić information content (AvgIpc) is 2.71. The Hall–Kier alpha value is -3.41.